The number of hydrogen-bond donors (Lipinski definition) is 1. The van der Waals surface area contributed by atoms with E-state index in [1.54, 1.807) is 22.3 Å². The summed E-state index contributed by atoms with van der Waals surface area (Å²) in [7, 11) is 0. The molecule has 1 amide bonds. The number of aromatic nitrogens is 5. The second kappa shape index (κ2) is 7.28. The predicted octanol–water partition coefficient (Wildman–Crippen LogP) is 2.95. The lowest BCUT2D eigenvalue weighted by molar-refractivity contribution is -0.116. The molecule has 0 unspecified atom stereocenters. The number of carbonyl (C=O) groups excluding carboxylic acids is 1. The third-order valence-corrected chi connectivity index (χ3v) is 4.48. The molecular formula is C17H14N6O2S. The molecule has 26 heavy (non-hydrogen) atoms. The molecule has 0 aliphatic rings. The molecule has 0 atom stereocenters. The Balaban J connectivity index is 1.31. The van der Waals surface area contributed by atoms with E-state index in [1.807, 2.05) is 41.8 Å². The summed E-state index contributed by atoms with van der Waals surface area (Å²) < 4.78 is 6.84. The molecule has 3 heterocycles. The highest BCUT2D eigenvalue weighted by molar-refractivity contribution is 7.13. The Bertz CT molecular complexity index is 977. The molecule has 0 fully saturated rings. The Labute approximate surface area is 152 Å². The topological polar surface area (TPSA) is 98.7 Å². The molecule has 0 saturated carbocycles. The van der Waals surface area contributed by atoms with Crippen LogP contribution in [0.3, 0.4) is 0 Å². The Morgan fingerprint density at radius 3 is 2.85 bits per heavy atom. The molecule has 3 aromatic heterocycles. The molecule has 0 aliphatic heterocycles. The summed E-state index contributed by atoms with van der Waals surface area (Å²) in [5, 5.41) is 12.8. The Hall–Kier alpha value is -3.33. The number of hydrogen-bond acceptors (Lipinski definition) is 7. The number of benzene rings is 1. The van der Waals surface area contributed by atoms with Gasteiger partial charge in [0.1, 0.15) is 12.7 Å². The van der Waals surface area contributed by atoms with Crippen LogP contribution in [0.15, 0.2) is 59.0 Å². The number of carbonyl (C=O) groups is 1. The van der Waals surface area contributed by atoms with E-state index in [1.165, 1.54) is 6.33 Å². The molecule has 130 valence electrons. The van der Waals surface area contributed by atoms with Crippen LogP contribution in [0, 0.1) is 0 Å². The van der Waals surface area contributed by atoms with Crippen molar-refractivity contribution in [2.75, 3.05) is 5.32 Å². The molecule has 9 heteroatoms. The van der Waals surface area contributed by atoms with Crippen LogP contribution in [-0.2, 0) is 11.2 Å². The lowest BCUT2D eigenvalue weighted by Crippen LogP contribution is -2.12. The van der Waals surface area contributed by atoms with Gasteiger partial charge in [-0.15, -0.1) is 11.3 Å². The lowest BCUT2D eigenvalue weighted by atomic mass is 10.2. The summed E-state index contributed by atoms with van der Waals surface area (Å²) in [6.07, 6.45) is 3.73. The summed E-state index contributed by atoms with van der Waals surface area (Å²) in [4.78, 5) is 21.3. The Kier molecular flexibility index (Phi) is 4.52. The van der Waals surface area contributed by atoms with E-state index in [4.69, 9.17) is 4.52 Å². The van der Waals surface area contributed by atoms with Crippen LogP contribution < -0.4 is 5.32 Å². The maximum Gasteiger partial charge on any atom is 0.227 e. The summed E-state index contributed by atoms with van der Waals surface area (Å²) in [5.74, 6) is 0.888. The quantitative estimate of drug-likeness (QED) is 0.563. The largest absolute Gasteiger partial charge is 0.339 e. The monoisotopic (exact) mass is 366 g/mol. The van der Waals surface area contributed by atoms with E-state index in [0.29, 0.717) is 23.8 Å². The van der Waals surface area contributed by atoms with E-state index in [0.717, 1.165) is 10.6 Å². The zero-order chi connectivity index (χ0) is 17.8. The molecular weight excluding hydrogens is 352 g/mol. The summed E-state index contributed by atoms with van der Waals surface area (Å²) >= 11 is 1.54. The fraction of sp³-hybridized carbons (Fsp3) is 0.118. The first kappa shape index (κ1) is 16.2. The van der Waals surface area contributed by atoms with Crippen molar-refractivity contribution in [3.05, 3.63) is 60.3 Å². The van der Waals surface area contributed by atoms with Gasteiger partial charge in [-0.1, -0.05) is 11.2 Å². The second-order valence-electron chi connectivity index (χ2n) is 5.42. The van der Waals surface area contributed by atoms with Gasteiger partial charge in [-0.3, -0.25) is 4.79 Å². The first-order chi connectivity index (χ1) is 12.8. The van der Waals surface area contributed by atoms with Gasteiger partial charge >= 0.3 is 0 Å². The van der Waals surface area contributed by atoms with Gasteiger partial charge in [0.25, 0.3) is 0 Å². The van der Waals surface area contributed by atoms with Crippen molar-refractivity contribution in [2.45, 2.75) is 12.8 Å². The summed E-state index contributed by atoms with van der Waals surface area (Å²) in [6.45, 7) is 0. The van der Waals surface area contributed by atoms with Crippen molar-refractivity contribution in [3.8, 4) is 16.4 Å². The van der Waals surface area contributed by atoms with E-state index >= 15 is 0 Å². The van der Waals surface area contributed by atoms with E-state index in [2.05, 4.69) is 25.5 Å². The maximum atomic E-state index is 12.1. The smallest absolute Gasteiger partial charge is 0.227 e. The Morgan fingerprint density at radius 2 is 2.12 bits per heavy atom. The van der Waals surface area contributed by atoms with Crippen LogP contribution in [-0.4, -0.2) is 30.8 Å². The predicted molar refractivity (Wildman–Crippen MR) is 95.9 cm³/mol. The van der Waals surface area contributed by atoms with Crippen molar-refractivity contribution in [3.63, 3.8) is 0 Å². The average Bonchev–Trinajstić information content (AvgIpc) is 3.42. The van der Waals surface area contributed by atoms with Crippen molar-refractivity contribution in [1.82, 2.24) is 24.9 Å². The van der Waals surface area contributed by atoms with Crippen LogP contribution in [0.1, 0.15) is 12.3 Å². The van der Waals surface area contributed by atoms with Gasteiger partial charge < -0.3 is 9.84 Å². The van der Waals surface area contributed by atoms with Crippen LogP contribution in [0.4, 0.5) is 5.69 Å². The van der Waals surface area contributed by atoms with E-state index in [9.17, 15) is 4.79 Å². The molecule has 0 aliphatic carbocycles. The van der Waals surface area contributed by atoms with Gasteiger partial charge in [-0.2, -0.15) is 10.1 Å². The first-order valence-electron chi connectivity index (χ1n) is 7.89. The SMILES string of the molecule is O=C(CCc1nc(-c2cccs2)no1)Nc1ccc(-n2cncn2)cc1. The molecule has 0 spiro atoms. The van der Waals surface area contributed by atoms with Gasteiger partial charge in [0.05, 0.1) is 10.6 Å². The molecule has 8 nitrogen and oxygen atoms in total. The standard InChI is InChI=1S/C17H14N6O2S/c24-15(7-8-16-21-17(22-25-16)14-2-1-9-26-14)20-12-3-5-13(6-4-12)23-11-18-10-19-23/h1-6,9-11H,7-8H2,(H,20,24). The van der Waals surface area contributed by atoms with Gasteiger partial charge in [0.2, 0.25) is 17.6 Å². The van der Waals surface area contributed by atoms with Gasteiger partial charge in [0.15, 0.2) is 0 Å². The minimum Gasteiger partial charge on any atom is -0.339 e. The van der Waals surface area contributed by atoms with Crippen molar-refractivity contribution < 1.29 is 9.32 Å². The summed E-state index contributed by atoms with van der Waals surface area (Å²) in [5.41, 5.74) is 1.58. The van der Waals surface area contributed by atoms with Crippen LogP contribution in [0.2, 0.25) is 0 Å². The number of amides is 1. The van der Waals surface area contributed by atoms with Crippen molar-refractivity contribution in [2.24, 2.45) is 0 Å². The fourth-order valence-electron chi connectivity index (χ4n) is 2.35. The number of aryl methyl sites for hydroxylation is 1. The average molecular weight is 366 g/mol. The minimum absolute atomic E-state index is 0.116. The molecule has 4 aromatic rings. The normalized spacial score (nSPS) is 10.8. The highest BCUT2D eigenvalue weighted by Gasteiger charge is 2.11. The van der Waals surface area contributed by atoms with Crippen molar-refractivity contribution >= 4 is 22.9 Å². The van der Waals surface area contributed by atoms with Gasteiger partial charge in [0, 0.05) is 18.5 Å². The number of anilines is 1. The molecule has 0 radical (unpaired) electrons. The third-order valence-electron chi connectivity index (χ3n) is 3.61. The zero-order valence-corrected chi connectivity index (χ0v) is 14.4. The Morgan fingerprint density at radius 1 is 1.23 bits per heavy atom. The van der Waals surface area contributed by atoms with E-state index < -0.39 is 0 Å². The van der Waals surface area contributed by atoms with Gasteiger partial charge in [-0.25, -0.2) is 9.67 Å². The second-order valence-corrected chi connectivity index (χ2v) is 6.37. The molecule has 0 bridgehead atoms. The van der Waals surface area contributed by atoms with Crippen molar-refractivity contribution in [1.29, 1.82) is 0 Å². The third kappa shape index (κ3) is 3.67. The number of thiophene rings is 1. The molecule has 4 rings (SSSR count). The highest BCUT2D eigenvalue weighted by Crippen LogP contribution is 2.21. The molecule has 0 saturated heterocycles. The lowest BCUT2D eigenvalue weighted by Gasteiger charge is -2.05. The zero-order valence-electron chi connectivity index (χ0n) is 13.6. The highest BCUT2D eigenvalue weighted by atomic mass is 32.1. The number of nitrogens with zero attached hydrogens (tertiary/aromatic N) is 5. The number of rotatable bonds is 6. The fourth-order valence-corrected chi connectivity index (χ4v) is 2.99. The van der Waals surface area contributed by atoms with Gasteiger partial charge in [-0.05, 0) is 35.7 Å². The molecule has 1 aromatic carbocycles. The maximum absolute atomic E-state index is 12.1. The summed E-state index contributed by atoms with van der Waals surface area (Å²) in [6, 6.07) is 11.2. The minimum atomic E-state index is -0.116. The van der Waals surface area contributed by atoms with E-state index in [-0.39, 0.29) is 12.3 Å². The van der Waals surface area contributed by atoms with Crippen LogP contribution in [0.25, 0.3) is 16.4 Å². The van der Waals surface area contributed by atoms with Crippen LogP contribution >= 0.6 is 11.3 Å². The molecule has 1 N–H and O–H groups in total. The number of nitrogens with one attached hydrogen (secondary N) is 1. The first-order valence-corrected chi connectivity index (χ1v) is 8.77. The van der Waals surface area contributed by atoms with Crippen LogP contribution in [0.5, 0.6) is 0 Å².